The number of nitrogens with zero attached hydrogens (tertiary/aromatic N) is 4. The highest BCUT2D eigenvalue weighted by Crippen LogP contribution is 2.43. The Hall–Kier alpha value is -7.63. The van der Waals surface area contributed by atoms with Crippen LogP contribution in [-0.2, 0) is 0 Å². The van der Waals surface area contributed by atoms with Gasteiger partial charge in [0.25, 0.3) is 0 Å². The van der Waals surface area contributed by atoms with Crippen molar-refractivity contribution in [3.05, 3.63) is 182 Å². The molecule has 260 valence electrons. The molecular weight excluding hydrogens is 685 g/mol. The molecule has 56 heavy (non-hydrogen) atoms. The van der Waals surface area contributed by atoms with E-state index in [1.54, 1.807) is 0 Å². The Morgan fingerprint density at radius 1 is 0.357 bits per heavy atom. The van der Waals surface area contributed by atoms with Crippen LogP contribution in [0.15, 0.2) is 186 Å². The van der Waals surface area contributed by atoms with E-state index in [-0.39, 0.29) is 0 Å². The first-order chi connectivity index (χ1) is 27.8. The molecule has 0 atom stereocenters. The van der Waals surface area contributed by atoms with Crippen LogP contribution in [0.1, 0.15) is 0 Å². The summed E-state index contributed by atoms with van der Waals surface area (Å²) in [5, 5.41) is 11.2. The summed E-state index contributed by atoms with van der Waals surface area (Å²) in [5.41, 5.74) is 7.56. The molecule has 0 aliphatic heterocycles. The van der Waals surface area contributed by atoms with Crippen LogP contribution in [0.4, 0.5) is 0 Å². The summed E-state index contributed by atoms with van der Waals surface area (Å²) in [4.78, 5) is 15.9. The van der Waals surface area contributed by atoms with E-state index in [4.69, 9.17) is 19.4 Å². The van der Waals surface area contributed by atoms with Crippen LogP contribution >= 0.6 is 0 Å². The summed E-state index contributed by atoms with van der Waals surface area (Å²) in [7, 11) is 0. The third-order valence-electron chi connectivity index (χ3n) is 11.2. The second kappa shape index (κ2) is 11.9. The lowest BCUT2D eigenvalue weighted by atomic mass is 10.0. The monoisotopic (exact) mass is 714 g/mol. The quantitative estimate of drug-likeness (QED) is 0.182. The molecule has 0 amide bonds. The van der Waals surface area contributed by atoms with Gasteiger partial charge in [-0.05, 0) is 68.7 Å². The highest BCUT2D eigenvalue weighted by molar-refractivity contribution is 6.18. The first kappa shape index (κ1) is 30.8. The number of fused-ring (bicyclic) bond motifs is 9. The van der Waals surface area contributed by atoms with Gasteiger partial charge < -0.3 is 8.98 Å². The Morgan fingerprint density at radius 3 is 1.55 bits per heavy atom. The third-order valence-corrected chi connectivity index (χ3v) is 11.2. The predicted molar refractivity (Wildman–Crippen MR) is 230 cm³/mol. The minimum Gasteiger partial charge on any atom is -0.454 e. The van der Waals surface area contributed by atoms with E-state index < -0.39 is 0 Å². The van der Waals surface area contributed by atoms with E-state index in [0.29, 0.717) is 17.5 Å². The lowest BCUT2D eigenvalue weighted by Gasteiger charge is -2.14. The number of hydrogen-bond acceptors (Lipinski definition) is 4. The Labute approximate surface area is 320 Å². The van der Waals surface area contributed by atoms with Crippen molar-refractivity contribution in [2.24, 2.45) is 0 Å². The van der Waals surface area contributed by atoms with Gasteiger partial charge in [0.05, 0.1) is 16.7 Å². The highest BCUT2D eigenvalue weighted by Gasteiger charge is 2.23. The third kappa shape index (κ3) is 4.58. The van der Waals surface area contributed by atoms with E-state index >= 15 is 0 Å². The van der Waals surface area contributed by atoms with E-state index in [1.165, 1.54) is 21.5 Å². The minimum atomic E-state index is 0.585. The molecular formula is C51H30N4O. The van der Waals surface area contributed by atoms with Crippen molar-refractivity contribution < 1.29 is 4.42 Å². The fourth-order valence-corrected chi connectivity index (χ4v) is 8.67. The van der Waals surface area contributed by atoms with Crippen molar-refractivity contribution >= 4 is 76.1 Å². The van der Waals surface area contributed by atoms with Gasteiger partial charge in [0.15, 0.2) is 23.1 Å². The van der Waals surface area contributed by atoms with Crippen molar-refractivity contribution in [1.29, 1.82) is 0 Å². The standard InChI is InChI=1S/C51H30N4O/c1-2-16-34-30-45-42(29-33(34)15-1)37-21-7-9-25-43(37)55(45)44-28-27-41(47-40-22-8-10-26-46(40)56-48(44)47)51-53-49(38-23-11-17-31-13-3-5-19-35(31)38)52-50(54-51)39-24-12-18-32-14-4-6-20-36(32)39/h1-30H. The molecule has 0 fully saturated rings. The Balaban J connectivity index is 1.18. The molecule has 0 saturated heterocycles. The fourth-order valence-electron chi connectivity index (χ4n) is 8.67. The van der Waals surface area contributed by atoms with Crippen molar-refractivity contribution in [2.45, 2.75) is 0 Å². The van der Waals surface area contributed by atoms with E-state index in [0.717, 1.165) is 76.9 Å². The Bertz CT molecular complexity index is 3450. The van der Waals surface area contributed by atoms with E-state index in [1.807, 2.05) is 12.1 Å². The SMILES string of the molecule is c1ccc2cc3c(cc2c1)c1ccccc1n3-c1ccc(-c2nc(-c3cccc4ccccc34)nc(-c3cccc4ccccc34)n2)c2c1oc1ccccc12. The Kier molecular flexibility index (Phi) is 6.56. The summed E-state index contributed by atoms with van der Waals surface area (Å²) < 4.78 is 9.26. The molecule has 0 N–H and O–H groups in total. The van der Waals surface area contributed by atoms with E-state index in [9.17, 15) is 0 Å². The molecule has 9 aromatic carbocycles. The smallest absolute Gasteiger partial charge is 0.164 e. The number of benzene rings is 9. The number of para-hydroxylation sites is 2. The van der Waals surface area contributed by atoms with Crippen LogP contribution in [0.5, 0.6) is 0 Å². The molecule has 0 saturated carbocycles. The normalized spacial score (nSPS) is 11.9. The van der Waals surface area contributed by atoms with Crippen LogP contribution < -0.4 is 0 Å². The molecule has 0 unspecified atom stereocenters. The van der Waals surface area contributed by atoms with Crippen molar-refractivity contribution in [3.8, 4) is 39.9 Å². The first-order valence-electron chi connectivity index (χ1n) is 18.9. The molecule has 0 aliphatic rings. The molecule has 12 aromatic rings. The minimum absolute atomic E-state index is 0.585. The number of furan rings is 1. The molecule has 12 rings (SSSR count). The number of aromatic nitrogens is 4. The maximum atomic E-state index is 6.91. The Morgan fingerprint density at radius 2 is 0.875 bits per heavy atom. The largest absolute Gasteiger partial charge is 0.454 e. The predicted octanol–water partition coefficient (Wildman–Crippen LogP) is 13.3. The molecule has 5 heteroatoms. The van der Waals surface area contributed by atoms with Crippen molar-refractivity contribution in [3.63, 3.8) is 0 Å². The number of hydrogen-bond donors (Lipinski definition) is 0. The number of rotatable bonds is 4. The average molecular weight is 715 g/mol. The molecule has 0 bridgehead atoms. The first-order valence-corrected chi connectivity index (χ1v) is 18.9. The lowest BCUT2D eigenvalue weighted by Crippen LogP contribution is -2.02. The van der Waals surface area contributed by atoms with Gasteiger partial charge in [0.1, 0.15) is 5.58 Å². The van der Waals surface area contributed by atoms with Crippen LogP contribution in [0.25, 0.3) is 116 Å². The zero-order chi connectivity index (χ0) is 36.7. The van der Waals surface area contributed by atoms with Gasteiger partial charge in [-0.25, -0.2) is 15.0 Å². The molecule has 5 nitrogen and oxygen atoms in total. The van der Waals surface area contributed by atoms with Crippen LogP contribution in [0, 0.1) is 0 Å². The van der Waals surface area contributed by atoms with E-state index in [2.05, 4.69) is 174 Å². The maximum Gasteiger partial charge on any atom is 0.164 e. The van der Waals surface area contributed by atoms with Crippen LogP contribution in [0.2, 0.25) is 0 Å². The van der Waals surface area contributed by atoms with Gasteiger partial charge in [-0.2, -0.15) is 0 Å². The zero-order valence-electron chi connectivity index (χ0n) is 30.0. The molecule has 3 aromatic heterocycles. The van der Waals surface area contributed by atoms with Gasteiger partial charge in [-0.3, -0.25) is 0 Å². The van der Waals surface area contributed by atoms with Gasteiger partial charge in [-0.1, -0.05) is 146 Å². The maximum absolute atomic E-state index is 6.91. The second-order valence-corrected chi connectivity index (χ2v) is 14.4. The zero-order valence-corrected chi connectivity index (χ0v) is 30.0. The fraction of sp³-hybridized carbons (Fsp3) is 0. The van der Waals surface area contributed by atoms with Crippen molar-refractivity contribution in [2.75, 3.05) is 0 Å². The van der Waals surface area contributed by atoms with Gasteiger partial charge in [0.2, 0.25) is 0 Å². The van der Waals surface area contributed by atoms with Crippen molar-refractivity contribution in [1.82, 2.24) is 19.5 Å². The summed E-state index contributed by atoms with van der Waals surface area (Å²) in [6.07, 6.45) is 0. The molecule has 3 heterocycles. The molecule has 0 radical (unpaired) electrons. The lowest BCUT2D eigenvalue weighted by molar-refractivity contribution is 0.666. The van der Waals surface area contributed by atoms with Crippen LogP contribution in [0.3, 0.4) is 0 Å². The molecule has 0 aliphatic carbocycles. The van der Waals surface area contributed by atoms with Gasteiger partial charge in [0, 0.05) is 38.2 Å². The van der Waals surface area contributed by atoms with Gasteiger partial charge >= 0.3 is 0 Å². The van der Waals surface area contributed by atoms with Gasteiger partial charge in [-0.15, -0.1) is 0 Å². The summed E-state index contributed by atoms with van der Waals surface area (Å²) in [6.45, 7) is 0. The highest BCUT2D eigenvalue weighted by atomic mass is 16.3. The topological polar surface area (TPSA) is 56.7 Å². The summed E-state index contributed by atoms with van der Waals surface area (Å²) >= 11 is 0. The summed E-state index contributed by atoms with van der Waals surface area (Å²) in [6, 6.07) is 63.8. The van der Waals surface area contributed by atoms with Crippen LogP contribution in [-0.4, -0.2) is 19.5 Å². The molecule has 0 spiro atoms. The summed E-state index contributed by atoms with van der Waals surface area (Å²) in [5.74, 6) is 1.82. The second-order valence-electron chi connectivity index (χ2n) is 14.4. The average Bonchev–Trinajstić information content (AvgIpc) is 3.81.